The summed E-state index contributed by atoms with van der Waals surface area (Å²) in [5.41, 5.74) is -0.0619. The van der Waals surface area contributed by atoms with Crippen molar-refractivity contribution in [1.82, 2.24) is 0 Å². The molecule has 5 nitrogen and oxygen atoms in total. The highest BCUT2D eigenvalue weighted by Crippen LogP contribution is 2.17. The first-order valence-electron chi connectivity index (χ1n) is 5.24. The van der Waals surface area contributed by atoms with Crippen molar-refractivity contribution in [1.29, 1.82) is 0 Å². The summed E-state index contributed by atoms with van der Waals surface area (Å²) in [6.45, 7) is 2.73. The number of esters is 1. The van der Waals surface area contributed by atoms with Crippen LogP contribution in [0.2, 0.25) is 0 Å². The second kappa shape index (κ2) is 5.30. The summed E-state index contributed by atoms with van der Waals surface area (Å²) in [4.78, 5) is 22.7. The normalized spacial score (nSPS) is 12.8. The van der Waals surface area contributed by atoms with E-state index in [0.29, 0.717) is 0 Å². The summed E-state index contributed by atoms with van der Waals surface area (Å²) in [6, 6.07) is 5.72. The van der Waals surface area contributed by atoms with Crippen LogP contribution in [0.4, 0.5) is 0 Å². The lowest BCUT2D eigenvalue weighted by Gasteiger charge is -2.11. The average molecular weight is 270 g/mol. The van der Waals surface area contributed by atoms with Gasteiger partial charge in [-0.1, -0.05) is 12.1 Å². The number of ether oxygens (including phenoxy) is 1. The maximum Gasteiger partial charge on any atom is 0.340 e. The Balaban J connectivity index is 3.11. The molecule has 0 saturated heterocycles. The Hall–Kier alpha value is -1.69. The molecule has 0 aliphatic carbocycles. The first-order valence-corrected chi connectivity index (χ1v) is 7.13. The number of sulfone groups is 1. The van der Waals surface area contributed by atoms with Gasteiger partial charge in [0.25, 0.3) is 0 Å². The van der Waals surface area contributed by atoms with E-state index in [2.05, 4.69) is 0 Å². The Morgan fingerprint density at radius 1 is 1.22 bits per heavy atom. The number of rotatable bonds is 4. The van der Waals surface area contributed by atoms with E-state index >= 15 is 0 Å². The molecule has 18 heavy (non-hydrogen) atoms. The Morgan fingerprint density at radius 2 is 1.78 bits per heavy atom. The van der Waals surface area contributed by atoms with Crippen LogP contribution in [0.5, 0.6) is 0 Å². The highest BCUT2D eigenvalue weighted by Gasteiger charge is 2.21. The van der Waals surface area contributed by atoms with E-state index in [9.17, 15) is 18.0 Å². The maximum absolute atomic E-state index is 11.8. The molecule has 0 bridgehead atoms. The van der Waals surface area contributed by atoms with Gasteiger partial charge in [0.2, 0.25) is 0 Å². The second-order valence-corrected chi connectivity index (χ2v) is 5.91. The van der Waals surface area contributed by atoms with Crippen LogP contribution >= 0.6 is 0 Å². The molecule has 0 aromatic heterocycles. The van der Waals surface area contributed by atoms with E-state index in [1.165, 1.54) is 38.1 Å². The average Bonchev–Trinajstić information content (AvgIpc) is 2.27. The molecule has 6 heteroatoms. The largest absolute Gasteiger partial charge is 0.451 e. The lowest BCUT2D eigenvalue weighted by atomic mass is 10.2. The van der Waals surface area contributed by atoms with Crippen LogP contribution in [0.1, 0.15) is 24.2 Å². The molecule has 1 aromatic carbocycles. The van der Waals surface area contributed by atoms with Crippen LogP contribution in [0.3, 0.4) is 0 Å². The second-order valence-electron chi connectivity index (χ2n) is 3.93. The molecule has 98 valence electrons. The highest BCUT2D eigenvalue weighted by molar-refractivity contribution is 7.90. The first-order chi connectivity index (χ1) is 8.23. The number of ketones is 1. The van der Waals surface area contributed by atoms with Crippen LogP contribution < -0.4 is 0 Å². The van der Waals surface area contributed by atoms with E-state index in [4.69, 9.17) is 4.74 Å². The van der Waals surface area contributed by atoms with E-state index < -0.39 is 21.9 Å². The standard InChI is InChI=1S/C12H14O5S/c1-8(13)9(2)17-12(14)10-6-4-5-7-11(10)18(3,15)16/h4-7,9H,1-3H3/t9-/m0/s1. The molecule has 0 aliphatic heterocycles. The lowest BCUT2D eigenvalue weighted by Crippen LogP contribution is -2.23. The molecule has 0 aliphatic rings. The van der Waals surface area contributed by atoms with Gasteiger partial charge in [0, 0.05) is 6.26 Å². The van der Waals surface area contributed by atoms with Gasteiger partial charge in [-0.3, -0.25) is 4.79 Å². The summed E-state index contributed by atoms with van der Waals surface area (Å²) in [5.74, 6) is -1.13. The van der Waals surface area contributed by atoms with Crippen molar-refractivity contribution in [2.24, 2.45) is 0 Å². The van der Waals surface area contributed by atoms with E-state index in [1.807, 2.05) is 0 Å². The van der Waals surface area contributed by atoms with Crippen LogP contribution in [-0.4, -0.2) is 32.5 Å². The summed E-state index contributed by atoms with van der Waals surface area (Å²) in [7, 11) is -3.52. The van der Waals surface area contributed by atoms with Gasteiger partial charge in [0.15, 0.2) is 21.7 Å². The van der Waals surface area contributed by atoms with Crippen molar-refractivity contribution in [3.8, 4) is 0 Å². The van der Waals surface area contributed by atoms with Gasteiger partial charge in [-0.2, -0.15) is 0 Å². The van der Waals surface area contributed by atoms with Crippen molar-refractivity contribution < 1.29 is 22.7 Å². The molecule has 0 heterocycles. The van der Waals surface area contributed by atoms with Gasteiger partial charge < -0.3 is 4.74 Å². The quantitative estimate of drug-likeness (QED) is 0.769. The number of benzene rings is 1. The third kappa shape index (κ3) is 3.40. The fourth-order valence-corrected chi connectivity index (χ4v) is 2.14. The molecular weight excluding hydrogens is 256 g/mol. The summed E-state index contributed by atoms with van der Waals surface area (Å²) >= 11 is 0. The molecule has 1 atom stereocenters. The molecule has 1 aromatic rings. The first kappa shape index (κ1) is 14.4. The van der Waals surface area contributed by atoms with E-state index in [0.717, 1.165) is 6.26 Å². The molecule has 1 rings (SSSR count). The SMILES string of the molecule is CC(=O)[C@H](C)OC(=O)c1ccccc1S(C)(=O)=O. The topological polar surface area (TPSA) is 77.5 Å². The monoisotopic (exact) mass is 270 g/mol. The number of hydrogen-bond acceptors (Lipinski definition) is 5. The van der Waals surface area contributed by atoms with Gasteiger partial charge >= 0.3 is 5.97 Å². The van der Waals surface area contributed by atoms with Crippen LogP contribution in [-0.2, 0) is 19.4 Å². The number of hydrogen-bond donors (Lipinski definition) is 0. The van der Waals surface area contributed by atoms with Crippen molar-refractivity contribution in [2.75, 3.05) is 6.26 Å². The molecule has 0 radical (unpaired) electrons. The molecular formula is C12H14O5S. The molecule has 0 saturated carbocycles. The zero-order valence-corrected chi connectivity index (χ0v) is 11.2. The van der Waals surface area contributed by atoms with Crippen molar-refractivity contribution in [3.05, 3.63) is 29.8 Å². The third-order valence-corrected chi connectivity index (χ3v) is 3.52. The summed E-state index contributed by atoms with van der Waals surface area (Å²) < 4.78 is 27.9. The van der Waals surface area contributed by atoms with Crippen molar-refractivity contribution in [2.45, 2.75) is 24.8 Å². The summed E-state index contributed by atoms with van der Waals surface area (Å²) in [6.07, 6.45) is 0.109. The minimum Gasteiger partial charge on any atom is -0.451 e. The van der Waals surface area contributed by atoms with Gasteiger partial charge in [-0.25, -0.2) is 13.2 Å². The predicted molar refractivity (Wildman–Crippen MR) is 65.1 cm³/mol. The van der Waals surface area contributed by atoms with E-state index in [1.54, 1.807) is 0 Å². The Kier molecular flexibility index (Phi) is 4.24. The van der Waals surface area contributed by atoms with Gasteiger partial charge in [-0.05, 0) is 26.0 Å². The number of carbonyl (C=O) groups is 2. The fourth-order valence-electron chi connectivity index (χ4n) is 1.27. The van der Waals surface area contributed by atoms with Crippen LogP contribution in [0.15, 0.2) is 29.2 Å². The number of Topliss-reactive ketones (excluding diaryl/α,β-unsaturated/α-hetero) is 1. The Morgan fingerprint density at radius 3 is 2.28 bits per heavy atom. The zero-order chi connectivity index (χ0) is 13.9. The predicted octanol–water partition coefficient (Wildman–Crippen LogP) is 1.22. The Labute approximate surface area is 106 Å². The van der Waals surface area contributed by atoms with Gasteiger partial charge in [-0.15, -0.1) is 0 Å². The number of carbonyl (C=O) groups excluding carboxylic acids is 2. The minimum atomic E-state index is -3.52. The molecule has 0 N–H and O–H groups in total. The van der Waals surface area contributed by atoms with Gasteiger partial charge in [0.05, 0.1) is 10.5 Å². The molecule has 0 spiro atoms. The Bertz CT molecular complexity index is 574. The maximum atomic E-state index is 11.8. The molecule has 0 amide bonds. The van der Waals surface area contributed by atoms with Gasteiger partial charge in [0.1, 0.15) is 0 Å². The van der Waals surface area contributed by atoms with Crippen LogP contribution in [0.25, 0.3) is 0 Å². The molecule has 0 fully saturated rings. The third-order valence-electron chi connectivity index (χ3n) is 2.36. The van der Waals surface area contributed by atoms with Crippen molar-refractivity contribution >= 4 is 21.6 Å². The molecule has 0 unspecified atom stereocenters. The zero-order valence-electron chi connectivity index (χ0n) is 10.3. The van der Waals surface area contributed by atoms with E-state index in [-0.39, 0.29) is 16.2 Å². The van der Waals surface area contributed by atoms with Crippen LogP contribution in [0, 0.1) is 0 Å². The fraction of sp³-hybridized carbons (Fsp3) is 0.333. The smallest absolute Gasteiger partial charge is 0.340 e. The lowest BCUT2D eigenvalue weighted by molar-refractivity contribution is -0.124. The highest BCUT2D eigenvalue weighted by atomic mass is 32.2. The van der Waals surface area contributed by atoms with Crippen molar-refractivity contribution in [3.63, 3.8) is 0 Å². The summed E-state index contributed by atoms with van der Waals surface area (Å²) in [5, 5.41) is 0. The minimum absolute atomic E-state index is 0.0619.